The third-order valence-electron chi connectivity index (χ3n) is 4.31. The average molecular weight is 483 g/mol. The fraction of sp³-hybridized carbons (Fsp3) is 0.300. The number of halogens is 6. The molecule has 2 unspecified atom stereocenters. The Balaban J connectivity index is 2.59. The molecule has 0 aromatic heterocycles. The molecule has 0 N–H and O–H groups in total. The highest BCUT2D eigenvalue weighted by Crippen LogP contribution is 2.43. The lowest BCUT2D eigenvalue weighted by Gasteiger charge is -2.32. The highest BCUT2D eigenvalue weighted by molar-refractivity contribution is 6.36. The topological polar surface area (TPSA) is 46.6 Å². The maximum absolute atomic E-state index is 14.0. The highest BCUT2D eigenvalue weighted by Gasteiger charge is 2.50. The van der Waals surface area contributed by atoms with Gasteiger partial charge in [-0.25, -0.2) is 4.79 Å². The molecule has 0 saturated carbocycles. The van der Waals surface area contributed by atoms with Crippen LogP contribution in [0.4, 0.5) is 13.2 Å². The summed E-state index contributed by atoms with van der Waals surface area (Å²) in [5, 5.41) is -0.552. The number of rotatable bonds is 6. The number of amides is 1. The Labute approximate surface area is 186 Å². The van der Waals surface area contributed by atoms with E-state index in [1.165, 1.54) is 43.3 Å². The molecule has 0 spiro atoms. The molecule has 0 saturated heterocycles. The lowest BCUT2D eigenvalue weighted by Crippen LogP contribution is -2.43. The Morgan fingerprint density at radius 3 is 2.03 bits per heavy atom. The normalized spacial score (nSPS) is 13.5. The first-order chi connectivity index (χ1) is 14.0. The van der Waals surface area contributed by atoms with Gasteiger partial charge in [0.25, 0.3) is 0 Å². The van der Waals surface area contributed by atoms with Gasteiger partial charge in [0.05, 0.1) is 6.61 Å². The first-order valence-corrected chi connectivity index (χ1v) is 9.82. The molecule has 0 fully saturated rings. The molecule has 0 bridgehead atoms. The fourth-order valence-corrected chi connectivity index (χ4v) is 3.81. The van der Waals surface area contributed by atoms with Gasteiger partial charge >= 0.3 is 12.1 Å². The van der Waals surface area contributed by atoms with Crippen LogP contribution in [0.15, 0.2) is 42.5 Å². The zero-order valence-corrected chi connectivity index (χ0v) is 18.1. The first kappa shape index (κ1) is 24.3. The van der Waals surface area contributed by atoms with E-state index < -0.39 is 35.6 Å². The number of esters is 1. The molecule has 0 aliphatic heterocycles. The number of carbonyl (C=O) groups is 2. The molecular weight excluding hydrogens is 466 g/mol. The molecule has 0 aliphatic carbocycles. The van der Waals surface area contributed by atoms with Crippen molar-refractivity contribution in [3.05, 3.63) is 68.7 Å². The summed E-state index contributed by atoms with van der Waals surface area (Å²) in [6, 6.07) is 8.26. The molecule has 2 aromatic rings. The van der Waals surface area contributed by atoms with E-state index in [-0.39, 0.29) is 27.2 Å². The third-order valence-corrected chi connectivity index (χ3v) is 5.31. The standard InChI is InChI=1S/C20H17Cl3F3NO3/c1-3-30-19(29)17(11-7-4-5-8-12(11)21)27(2)18(28)16(20(24,25)26)15-13(22)9-6-10-14(15)23/h4-10,16-17H,3H2,1-2H3. The number of likely N-dealkylation sites (N-methyl/N-ethyl adjacent to an activating group) is 1. The van der Waals surface area contributed by atoms with E-state index in [0.29, 0.717) is 4.90 Å². The van der Waals surface area contributed by atoms with Crippen molar-refractivity contribution in [2.75, 3.05) is 13.7 Å². The summed E-state index contributed by atoms with van der Waals surface area (Å²) in [5.41, 5.74) is -0.466. The summed E-state index contributed by atoms with van der Waals surface area (Å²) in [6.45, 7) is 1.49. The zero-order chi connectivity index (χ0) is 22.6. The van der Waals surface area contributed by atoms with Crippen LogP contribution in [0.5, 0.6) is 0 Å². The van der Waals surface area contributed by atoms with Crippen LogP contribution < -0.4 is 0 Å². The highest BCUT2D eigenvalue weighted by atomic mass is 35.5. The Morgan fingerprint density at radius 2 is 1.53 bits per heavy atom. The Hall–Kier alpha value is -1.96. The van der Waals surface area contributed by atoms with Crippen LogP contribution in [-0.4, -0.2) is 36.6 Å². The second-order valence-corrected chi connectivity index (χ2v) is 7.46. The van der Waals surface area contributed by atoms with Crippen LogP contribution >= 0.6 is 34.8 Å². The van der Waals surface area contributed by atoms with Crippen molar-refractivity contribution in [2.24, 2.45) is 0 Å². The van der Waals surface area contributed by atoms with Crippen molar-refractivity contribution in [3.8, 4) is 0 Å². The number of ether oxygens (including phenoxy) is 1. The molecule has 0 heterocycles. The van der Waals surface area contributed by atoms with Crippen molar-refractivity contribution in [2.45, 2.75) is 25.1 Å². The van der Waals surface area contributed by atoms with Gasteiger partial charge in [0, 0.05) is 33.2 Å². The summed E-state index contributed by atoms with van der Waals surface area (Å²) >= 11 is 18.0. The van der Waals surface area contributed by atoms with E-state index in [9.17, 15) is 22.8 Å². The molecule has 2 rings (SSSR count). The first-order valence-electron chi connectivity index (χ1n) is 8.69. The molecule has 0 radical (unpaired) electrons. The minimum atomic E-state index is -5.03. The summed E-state index contributed by atoms with van der Waals surface area (Å²) in [6.07, 6.45) is -5.03. The molecule has 10 heteroatoms. The smallest absolute Gasteiger partial charge is 0.404 e. The van der Waals surface area contributed by atoms with E-state index in [0.717, 1.165) is 7.05 Å². The van der Waals surface area contributed by atoms with Crippen LogP contribution in [0.2, 0.25) is 15.1 Å². The van der Waals surface area contributed by atoms with Crippen LogP contribution in [-0.2, 0) is 14.3 Å². The summed E-state index contributed by atoms with van der Waals surface area (Å²) < 4.78 is 46.9. The van der Waals surface area contributed by atoms with E-state index in [4.69, 9.17) is 39.5 Å². The van der Waals surface area contributed by atoms with Gasteiger partial charge in [-0.1, -0.05) is 59.1 Å². The summed E-state index contributed by atoms with van der Waals surface area (Å²) in [4.78, 5) is 26.3. The largest absolute Gasteiger partial charge is 0.464 e. The number of hydrogen-bond acceptors (Lipinski definition) is 3. The van der Waals surface area contributed by atoms with Gasteiger partial charge in [-0.05, 0) is 25.1 Å². The van der Waals surface area contributed by atoms with Gasteiger partial charge in [-0.15, -0.1) is 0 Å². The van der Waals surface area contributed by atoms with Crippen molar-refractivity contribution in [1.82, 2.24) is 4.90 Å². The van der Waals surface area contributed by atoms with Crippen LogP contribution in [0, 0.1) is 0 Å². The van der Waals surface area contributed by atoms with Crippen LogP contribution in [0.3, 0.4) is 0 Å². The van der Waals surface area contributed by atoms with E-state index in [1.54, 1.807) is 6.07 Å². The molecule has 4 nitrogen and oxygen atoms in total. The molecule has 1 amide bonds. The van der Waals surface area contributed by atoms with Crippen molar-refractivity contribution < 1.29 is 27.5 Å². The summed E-state index contributed by atoms with van der Waals surface area (Å²) in [7, 11) is 1.07. The Morgan fingerprint density at radius 1 is 1.00 bits per heavy atom. The van der Waals surface area contributed by atoms with Crippen molar-refractivity contribution in [3.63, 3.8) is 0 Å². The number of nitrogens with zero attached hydrogens (tertiary/aromatic N) is 1. The number of hydrogen-bond donors (Lipinski definition) is 0. The van der Waals surface area contributed by atoms with Gasteiger partial charge in [0.15, 0.2) is 12.0 Å². The predicted molar refractivity (Wildman–Crippen MR) is 109 cm³/mol. The molecular formula is C20H17Cl3F3NO3. The maximum atomic E-state index is 14.0. The summed E-state index contributed by atoms with van der Waals surface area (Å²) in [5.74, 6) is -5.05. The van der Waals surface area contributed by atoms with Gasteiger partial charge in [-0.3, -0.25) is 4.79 Å². The van der Waals surface area contributed by atoms with Crippen LogP contribution in [0.1, 0.15) is 30.0 Å². The SMILES string of the molecule is CCOC(=O)C(c1ccccc1Cl)N(C)C(=O)C(c1c(Cl)cccc1Cl)C(F)(F)F. The van der Waals surface area contributed by atoms with Gasteiger partial charge in [-0.2, -0.15) is 13.2 Å². The van der Waals surface area contributed by atoms with Crippen molar-refractivity contribution in [1.29, 1.82) is 0 Å². The lowest BCUT2D eigenvalue weighted by molar-refractivity contribution is -0.176. The van der Waals surface area contributed by atoms with E-state index in [2.05, 4.69) is 0 Å². The van der Waals surface area contributed by atoms with Gasteiger partial charge < -0.3 is 9.64 Å². The average Bonchev–Trinajstić information content (AvgIpc) is 2.65. The molecule has 162 valence electrons. The second kappa shape index (κ2) is 9.90. The maximum Gasteiger partial charge on any atom is 0.404 e. The molecule has 0 aliphatic rings. The number of benzene rings is 2. The zero-order valence-electron chi connectivity index (χ0n) is 15.8. The van der Waals surface area contributed by atoms with E-state index >= 15 is 0 Å². The Kier molecular flexibility index (Phi) is 8.02. The van der Waals surface area contributed by atoms with Crippen LogP contribution in [0.25, 0.3) is 0 Å². The lowest BCUT2D eigenvalue weighted by atomic mass is 9.95. The quantitative estimate of drug-likeness (QED) is 0.471. The minimum Gasteiger partial charge on any atom is -0.464 e. The molecule has 30 heavy (non-hydrogen) atoms. The van der Waals surface area contributed by atoms with E-state index in [1.807, 2.05) is 0 Å². The minimum absolute atomic E-state index is 0.0408. The van der Waals surface area contributed by atoms with Crippen molar-refractivity contribution >= 4 is 46.7 Å². The number of carbonyl (C=O) groups excluding carboxylic acids is 2. The van der Waals surface area contributed by atoms with Gasteiger partial charge in [0.2, 0.25) is 5.91 Å². The second-order valence-electron chi connectivity index (χ2n) is 6.24. The predicted octanol–water partition coefficient (Wildman–Crippen LogP) is 6.06. The number of alkyl halides is 3. The molecule has 2 atom stereocenters. The third kappa shape index (κ3) is 5.20. The fourth-order valence-electron chi connectivity index (χ4n) is 2.96. The van der Waals surface area contributed by atoms with Gasteiger partial charge in [0.1, 0.15) is 0 Å². The Bertz CT molecular complexity index is 917. The monoisotopic (exact) mass is 481 g/mol. The molecule has 2 aromatic carbocycles.